The fourth-order valence-corrected chi connectivity index (χ4v) is 2.50. The summed E-state index contributed by atoms with van der Waals surface area (Å²) in [6.07, 6.45) is 0. The minimum Gasteiger partial charge on any atom is -0.357 e. The zero-order chi connectivity index (χ0) is 19.6. The summed E-state index contributed by atoms with van der Waals surface area (Å²) in [6, 6.07) is 18.3. The van der Waals surface area contributed by atoms with Crippen molar-refractivity contribution >= 4 is 41.5 Å². The van der Waals surface area contributed by atoms with Crippen molar-refractivity contribution in [2.45, 2.75) is 40.3 Å². The Morgan fingerprint density at radius 2 is 1.64 bits per heavy atom. The number of halogens is 1. The highest BCUT2D eigenvalue weighted by Crippen LogP contribution is 2.13. The zero-order valence-electron chi connectivity index (χ0n) is 17.0. The minimum absolute atomic E-state index is 0. The van der Waals surface area contributed by atoms with Gasteiger partial charge in [0.25, 0.3) is 0 Å². The van der Waals surface area contributed by atoms with Gasteiger partial charge in [0, 0.05) is 18.2 Å². The molecule has 1 unspecified atom stereocenters. The Balaban J connectivity index is 0.00000392. The number of hydrogen-bond acceptors (Lipinski definition) is 2. The second-order valence-electron chi connectivity index (χ2n) is 6.81. The first-order chi connectivity index (χ1) is 13.0. The van der Waals surface area contributed by atoms with E-state index >= 15 is 0 Å². The van der Waals surface area contributed by atoms with Crippen LogP contribution in [-0.4, -0.2) is 18.4 Å². The van der Waals surface area contributed by atoms with Gasteiger partial charge in [0.05, 0.1) is 12.6 Å². The van der Waals surface area contributed by atoms with E-state index in [1.165, 1.54) is 5.56 Å². The fourth-order valence-electron chi connectivity index (χ4n) is 2.50. The Morgan fingerprint density at radius 3 is 2.21 bits per heavy atom. The Labute approximate surface area is 185 Å². The van der Waals surface area contributed by atoms with Gasteiger partial charge < -0.3 is 16.0 Å². The van der Waals surface area contributed by atoms with Crippen LogP contribution in [0.3, 0.4) is 0 Å². The predicted octanol–water partition coefficient (Wildman–Crippen LogP) is 4.72. The summed E-state index contributed by atoms with van der Waals surface area (Å²) in [4.78, 5) is 16.4. The molecule has 0 aliphatic rings. The van der Waals surface area contributed by atoms with Gasteiger partial charge in [-0.3, -0.25) is 4.79 Å². The largest absolute Gasteiger partial charge is 0.357 e. The Hall–Kier alpha value is -2.09. The maximum atomic E-state index is 11.8. The zero-order valence-corrected chi connectivity index (χ0v) is 19.4. The summed E-state index contributed by atoms with van der Waals surface area (Å²) in [6.45, 7) is 9.29. The summed E-state index contributed by atoms with van der Waals surface area (Å²) in [7, 11) is 0. The minimum atomic E-state index is -0.0327. The molecule has 3 N–H and O–H groups in total. The summed E-state index contributed by atoms with van der Waals surface area (Å²) < 4.78 is 0. The molecule has 2 aromatic carbocycles. The molecular weight excluding hydrogens is 463 g/mol. The summed E-state index contributed by atoms with van der Waals surface area (Å²) >= 11 is 0. The number of carbonyl (C=O) groups excluding carboxylic acids is 1. The Morgan fingerprint density at radius 1 is 1.00 bits per heavy atom. The molecule has 0 saturated heterocycles. The molecule has 152 valence electrons. The van der Waals surface area contributed by atoms with Crippen LogP contribution in [0.1, 0.15) is 44.9 Å². The van der Waals surface area contributed by atoms with Crippen LogP contribution >= 0.6 is 24.0 Å². The molecule has 2 aromatic rings. The third-order valence-electron chi connectivity index (χ3n) is 4.16. The second kappa shape index (κ2) is 12.4. The van der Waals surface area contributed by atoms with Gasteiger partial charge in [-0.15, -0.1) is 24.0 Å². The number of hydrogen-bond donors (Lipinski definition) is 3. The number of amides is 1. The van der Waals surface area contributed by atoms with Gasteiger partial charge >= 0.3 is 0 Å². The number of nitrogens with zero attached hydrogens (tertiary/aromatic N) is 1. The van der Waals surface area contributed by atoms with E-state index < -0.39 is 0 Å². The average Bonchev–Trinajstić information content (AvgIpc) is 2.68. The first-order valence-electron chi connectivity index (χ1n) is 9.49. The van der Waals surface area contributed by atoms with E-state index in [1.807, 2.05) is 56.3 Å². The third-order valence-corrected chi connectivity index (χ3v) is 4.16. The van der Waals surface area contributed by atoms with Crippen molar-refractivity contribution in [2.24, 2.45) is 10.9 Å². The Bertz CT molecular complexity index is 745. The van der Waals surface area contributed by atoms with Crippen LogP contribution in [0.4, 0.5) is 5.69 Å². The van der Waals surface area contributed by atoms with Crippen LogP contribution in [0.2, 0.25) is 0 Å². The normalized spacial score (nSPS) is 12.1. The highest BCUT2D eigenvalue weighted by atomic mass is 127. The maximum Gasteiger partial charge on any atom is 0.226 e. The molecule has 1 amide bonds. The van der Waals surface area contributed by atoms with E-state index in [-0.39, 0.29) is 41.8 Å². The number of aliphatic imine (C=N–C) groups is 1. The standard InChI is InChI=1S/C22H30N4O.HI/c1-5-23-22(25-17(4)19-9-7-6-8-10-19)24-15-18-11-13-20(14-12-18)26-21(27)16(2)3;/h6-14,16-17H,5,15H2,1-4H3,(H,26,27)(H2,23,24,25);1H. The first kappa shape index (κ1) is 23.9. The lowest BCUT2D eigenvalue weighted by molar-refractivity contribution is -0.118. The first-order valence-corrected chi connectivity index (χ1v) is 9.49. The summed E-state index contributed by atoms with van der Waals surface area (Å²) in [5.74, 6) is 0.773. The molecule has 5 nitrogen and oxygen atoms in total. The SMILES string of the molecule is CCNC(=NCc1ccc(NC(=O)C(C)C)cc1)NC(C)c1ccccc1.I. The van der Waals surface area contributed by atoms with Crippen molar-refractivity contribution in [1.29, 1.82) is 0 Å². The molecule has 0 saturated carbocycles. The molecule has 0 spiro atoms. The molecule has 6 heteroatoms. The van der Waals surface area contributed by atoms with Crippen molar-refractivity contribution in [1.82, 2.24) is 10.6 Å². The smallest absolute Gasteiger partial charge is 0.226 e. The van der Waals surface area contributed by atoms with Gasteiger partial charge in [-0.1, -0.05) is 56.3 Å². The third kappa shape index (κ3) is 7.88. The van der Waals surface area contributed by atoms with Gasteiger partial charge in [0.15, 0.2) is 5.96 Å². The Kier molecular flexibility index (Phi) is 10.6. The highest BCUT2D eigenvalue weighted by molar-refractivity contribution is 14.0. The summed E-state index contributed by atoms with van der Waals surface area (Å²) in [5, 5.41) is 9.62. The van der Waals surface area contributed by atoms with Gasteiger partial charge in [0.1, 0.15) is 0 Å². The van der Waals surface area contributed by atoms with Crippen LogP contribution in [-0.2, 0) is 11.3 Å². The topological polar surface area (TPSA) is 65.5 Å². The lowest BCUT2D eigenvalue weighted by Gasteiger charge is -2.18. The van der Waals surface area contributed by atoms with E-state index in [0.717, 1.165) is 23.8 Å². The van der Waals surface area contributed by atoms with Gasteiger partial charge in [-0.2, -0.15) is 0 Å². The van der Waals surface area contributed by atoms with Crippen molar-refractivity contribution in [3.8, 4) is 0 Å². The number of benzene rings is 2. The molecule has 0 aliphatic heterocycles. The van der Waals surface area contributed by atoms with Crippen LogP contribution in [0.15, 0.2) is 59.6 Å². The number of carbonyl (C=O) groups is 1. The highest BCUT2D eigenvalue weighted by Gasteiger charge is 2.08. The van der Waals surface area contributed by atoms with Crippen LogP contribution in [0, 0.1) is 5.92 Å². The molecule has 28 heavy (non-hydrogen) atoms. The molecular formula is C22H31IN4O. The fraction of sp³-hybridized carbons (Fsp3) is 0.364. The van der Waals surface area contributed by atoms with E-state index in [4.69, 9.17) is 0 Å². The quantitative estimate of drug-likeness (QED) is 0.297. The second-order valence-corrected chi connectivity index (χ2v) is 6.81. The lowest BCUT2D eigenvalue weighted by atomic mass is 10.1. The van der Waals surface area contributed by atoms with E-state index in [2.05, 4.69) is 46.9 Å². The predicted molar refractivity (Wildman–Crippen MR) is 128 cm³/mol. The molecule has 0 aliphatic carbocycles. The van der Waals surface area contributed by atoms with Crippen molar-refractivity contribution in [2.75, 3.05) is 11.9 Å². The number of anilines is 1. The van der Waals surface area contributed by atoms with Crippen LogP contribution in [0.25, 0.3) is 0 Å². The maximum absolute atomic E-state index is 11.8. The molecule has 0 heterocycles. The van der Waals surface area contributed by atoms with E-state index in [0.29, 0.717) is 6.54 Å². The number of guanidine groups is 1. The van der Waals surface area contributed by atoms with Crippen molar-refractivity contribution in [3.63, 3.8) is 0 Å². The number of nitrogens with one attached hydrogen (secondary N) is 3. The van der Waals surface area contributed by atoms with Crippen LogP contribution in [0.5, 0.6) is 0 Å². The number of rotatable bonds is 7. The van der Waals surface area contributed by atoms with Gasteiger partial charge in [0.2, 0.25) is 5.91 Å². The average molecular weight is 494 g/mol. The van der Waals surface area contributed by atoms with Gasteiger partial charge in [-0.25, -0.2) is 4.99 Å². The molecule has 0 fully saturated rings. The van der Waals surface area contributed by atoms with Crippen molar-refractivity contribution in [3.05, 3.63) is 65.7 Å². The monoisotopic (exact) mass is 494 g/mol. The summed E-state index contributed by atoms with van der Waals surface area (Å²) in [5.41, 5.74) is 3.11. The van der Waals surface area contributed by atoms with Gasteiger partial charge in [-0.05, 0) is 37.1 Å². The van der Waals surface area contributed by atoms with E-state index in [9.17, 15) is 4.79 Å². The lowest BCUT2D eigenvalue weighted by Crippen LogP contribution is -2.38. The molecule has 2 rings (SSSR count). The molecule has 0 bridgehead atoms. The molecule has 0 aromatic heterocycles. The molecule has 0 radical (unpaired) electrons. The van der Waals surface area contributed by atoms with E-state index in [1.54, 1.807) is 0 Å². The van der Waals surface area contributed by atoms with Crippen molar-refractivity contribution < 1.29 is 4.79 Å². The molecule has 1 atom stereocenters. The van der Waals surface area contributed by atoms with Crippen LogP contribution < -0.4 is 16.0 Å².